The van der Waals surface area contributed by atoms with Crippen LogP contribution in [0.2, 0.25) is 0 Å². The number of nitrogens with one attached hydrogen (secondary N) is 1. The molecule has 0 aliphatic rings. The predicted molar refractivity (Wildman–Crippen MR) is 48.7 cm³/mol. The van der Waals surface area contributed by atoms with Gasteiger partial charge < -0.3 is 5.11 Å². The summed E-state index contributed by atoms with van der Waals surface area (Å²) in [6.07, 6.45) is 1.22. The second-order valence-electron chi connectivity index (χ2n) is 2.75. The van der Waals surface area contributed by atoms with Gasteiger partial charge >= 0.3 is 5.97 Å². The zero-order valence-electron chi connectivity index (χ0n) is 7.52. The number of carboxylic acids is 1. The van der Waals surface area contributed by atoms with Gasteiger partial charge in [-0.15, -0.1) is 0 Å². The average Bonchev–Trinajstić information content (AvgIpc) is 2.51. The number of sulfone groups is 1. The summed E-state index contributed by atoms with van der Waals surface area (Å²) in [6.45, 7) is 1.51. The number of nitrogens with zero attached hydrogens (tertiary/aromatic N) is 1. The third kappa shape index (κ3) is 2.32. The van der Waals surface area contributed by atoms with Crippen LogP contribution in [-0.4, -0.2) is 35.4 Å². The second kappa shape index (κ2) is 3.79. The van der Waals surface area contributed by atoms with E-state index in [0.29, 0.717) is 0 Å². The lowest BCUT2D eigenvalue weighted by Gasteiger charge is -1.99. The first-order chi connectivity index (χ1) is 6.46. The van der Waals surface area contributed by atoms with Gasteiger partial charge in [-0.1, -0.05) is 6.92 Å². The highest BCUT2D eigenvalue weighted by atomic mass is 32.2. The molecular weight excluding hydrogens is 208 g/mol. The summed E-state index contributed by atoms with van der Waals surface area (Å²) in [6, 6.07) is 0. The van der Waals surface area contributed by atoms with Gasteiger partial charge in [-0.25, -0.2) is 13.2 Å². The number of aromatic amines is 1. The molecule has 78 valence electrons. The van der Waals surface area contributed by atoms with Gasteiger partial charge in [-0.05, 0) is 0 Å². The van der Waals surface area contributed by atoms with E-state index in [9.17, 15) is 13.2 Å². The molecule has 0 amide bonds. The van der Waals surface area contributed by atoms with Crippen LogP contribution >= 0.6 is 0 Å². The highest BCUT2D eigenvalue weighted by Crippen LogP contribution is 2.09. The molecule has 0 saturated heterocycles. The molecule has 0 aliphatic heterocycles. The van der Waals surface area contributed by atoms with Gasteiger partial charge in [0, 0.05) is 11.3 Å². The first kappa shape index (κ1) is 10.7. The van der Waals surface area contributed by atoms with Crippen LogP contribution in [0.3, 0.4) is 0 Å². The van der Waals surface area contributed by atoms with Crippen molar-refractivity contribution in [1.29, 1.82) is 0 Å². The Bertz CT molecular complexity index is 434. The normalized spacial score (nSPS) is 11.5. The van der Waals surface area contributed by atoms with Crippen molar-refractivity contribution in [3.63, 3.8) is 0 Å². The molecule has 0 aliphatic carbocycles. The summed E-state index contributed by atoms with van der Waals surface area (Å²) in [5.41, 5.74) is 0.0291. The maximum Gasteiger partial charge on any atom is 0.354 e. The molecule has 0 atom stereocenters. The van der Waals surface area contributed by atoms with E-state index in [1.54, 1.807) is 0 Å². The number of hydrogen-bond acceptors (Lipinski definition) is 4. The fourth-order valence-corrected chi connectivity index (χ4v) is 1.84. The van der Waals surface area contributed by atoms with Crippen molar-refractivity contribution in [2.45, 2.75) is 12.7 Å². The first-order valence-corrected chi connectivity index (χ1v) is 5.74. The number of H-pyrrole nitrogens is 1. The molecule has 0 unspecified atom stereocenters. The largest absolute Gasteiger partial charge is 0.477 e. The third-order valence-corrected chi connectivity index (χ3v) is 3.38. The molecule has 0 saturated carbocycles. The van der Waals surface area contributed by atoms with Crippen LogP contribution in [0.15, 0.2) is 6.20 Å². The highest BCUT2D eigenvalue weighted by Gasteiger charge is 2.17. The van der Waals surface area contributed by atoms with Crippen molar-refractivity contribution in [3.05, 3.63) is 17.5 Å². The molecule has 0 spiro atoms. The summed E-state index contributed by atoms with van der Waals surface area (Å²) in [5.74, 6) is -1.51. The van der Waals surface area contributed by atoms with Gasteiger partial charge in [0.25, 0.3) is 0 Å². The average molecular weight is 218 g/mol. The summed E-state index contributed by atoms with van der Waals surface area (Å²) >= 11 is 0. The Kier molecular flexibility index (Phi) is 2.90. The highest BCUT2D eigenvalue weighted by molar-refractivity contribution is 7.90. The van der Waals surface area contributed by atoms with Gasteiger partial charge in [-0.3, -0.25) is 5.10 Å². The summed E-state index contributed by atoms with van der Waals surface area (Å²) in [5, 5.41) is 14.4. The fourth-order valence-electron chi connectivity index (χ4n) is 0.945. The molecule has 14 heavy (non-hydrogen) atoms. The van der Waals surface area contributed by atoms with Crippen LogP contribution in [0.25, 0.3) is 0 Å². The van der Waals surface area contributed by atoms with Crippen LogP contribution in [0, 0.1) is 0 Å². The minimum atomic E-state index is -3.22. The number of rotatable bonds is 4. The van der Waals surface area contributed by atoms with Gasteiger partial charge in [-0.2, -0.15) is 5.10 Å². The van der Waals surface area contributed by atoms with Crippen molar-refractivity contribution in [1.82, 2.24) is 10.2 Å². The van der Waals surface area contributed by atoms with Gasteiger partial charge in [0.2, 0.25) is 0 Å². The number of hydrogen-bond donors (Lipinski definition) is 2. The molecule has 1 aromatic rings. The second-order valence-corrected chi connectivity index (χ2v) is 5.11. The van der Waals surface area contributed by atoms with E-state index < -0.39 is 15.8 Å². The monoisotopic (exact) mass is 218 g/mol. The summed E-state index contributed by atoms with van der Waals surface area (Å²) < 4.78 is 22.4. The van der Waals surface area contributed by atoms with Crippen LogP contribution in [0.1, 0.15) is 23.0 Å². The van der Waals surface area contributed by atoms with E-state index in [1.165, 1.54) is 13.1 Å². The van der Waals surface area contributed by atoms with Gasteiger partial charge in [0.05, 0.1) is 11.9 Å². The van der Waals surface area contributed by atoms with Gasteiger partial charge in [0.1, 0.15) is 5.69 Å². The lowest BCUT2D eigenvalue weighted by molar-refractivity contribution is 0.0689. The van der Waals surface area contributed by atoms with Crippen molar-refractivity contribution >= 4 is 15.8 Å². The topological polar surface area (TPSA) is 100 Å². The molecule has 2 N–H and O–H groups in total. The Morgan fingerprint density at radius 3 is 2.79 bits per heavy atom. The molecule has 0 aromatic carbocycles. The molecular formula is C7H10N2O4S. The van der Waals surface area contributed by atoms with Crippen molar-refractivity contribution < 1.29 is 18.3 Å². The molecule has 1 aromatic heterocycles. The number of carboxylic acid groups (broad SMARTS) is 1. The van der Waals surface area contributed by atoms with E-state index in [4.69, 9.17) is 5.11 Å². The molecule has 1 rings (SSSR count). The van der Waals surface area contributed by atoms with E-state index in [2.05, 4.69) is 10.2 Å². The Labute approximate surface area is 80.9 Å². The first-order valence-electron chi connectivity index (χ1n) is 3.92. The smallest absolute Gasteiger partial charge is 0.354 e. The van der Waals surface area contributed by atoms with Crippen LogP contribution in [-0.2, 0) is 15.6 Å². The van der Waals surface area contributed by atoms with E-state index >= 15 is 0 Å². The Morgan fingerprint density at radius 2 is 2.29 bits per heavy atom. The maximum absolute atomic E-state index is 11.2. The van der Waals surface area contributed by atoms with Crippen LogP contribution in [0.4, 0.5) is 0 Å². The Morgan fingerprint density at radius 1 is 1.64 bits per heavy atom. The standard InChI is InChI=1S/C7H10N2O4S/c1-2-14(12,13)4-5-3-8-9-6(5)7(10)11/h3H,2,4H2,1H3,(H,8,9)(H,10,11). The van der Waals surface area contributed by atoms with Crippen molar-refractivity contribution in [3.8, 4) is 0 Å². The molecule has 0 fully saturated rings. The van der Waals surface area contributed by atoms with E-state index in [1.807, 2.05) is 0 Å². The number of aromatic nitrogens is 2. The van der Waals surface area contributed by atoms with E-state index in [-0.39, 0.29) is 22.8 Å². The molecule has 1 heterocycles. The predicted octanol–water partition coefficient (Wildman–Crippen LogP) is 0.0426. The van der Waals surface area contributed by atoms with E-state index in [0.717, 1.165) is 0 Å². The third-order valence-electron chi connectivity index (χ3n) is 1.75. The molecule has 0 radical (unpaired) electrons. The van der Waals surface area contributed by atoms with Gasteiger partial charge in [0.15, 0.2) is 9.84 Å². The van der Waals surface area contributed by atoms with Crippen LogP contribution in [0.5, 0.6) is 0 Å². The molecule has 0 bridgehead atoms. The van der Waals surface area contributed by atoms with Crippen molar-refractivity contribution in [2.75, 3.05) is 5.75 Å². The lowest BCUT2D eigenvalue weighted by atomic mass is 10.3. The quantitative estimate of drug-likeness (QED) is 0.743. The zero-order chi connectivity index (χ0) is 10.8. The number of aromatic carboxylic acids is 1. The minimum absolute atomic E-state index is 0.0166. The maximum atomic E-state index is 11.2. The number of carbonyl (C=O) groups is 1. The van der Waals surface area contributed by atoms with Crippen molar-refractivity contribution in [2.24, 2.45) is 0 Å². The summed E-state index contributed by atoms with van der Waals surface area (Å²) in [4.78, 5) is 10.6. The minimum Gasteiger partial charge on any atom is -0.477 e. The lowest BCUT2D eigenvalue weighted by Crippen LogP contribution is -2.09. The Hall–Kier alpha value is -1.37. The molecule has 6 nitrogen and oxygen atoms in total. The SMILES string of the molecule is CCS(=O)(=O)Cc1cn[nH]c1C(=O)O. The molecule has 7 heteroatoms. The Balaban J connectivity index is 2.98. The van der Waals surface area contributed by atoms with Crippen LogP contribution < -0.4 is 0 Å². The zero-order valence-corrected chi connectivity index (χ0v) is 8.34. The summed E-state index contributed by atoms with van der Waals surface area (Å²) in [7, 11) is -3.22. The fraction of sp³-hybridized carbons (Fsp3) is 0.429.